The number of ether oxygens (including phenoxy) is 1. The van der Waals surface area contributed by atoms with Crippen LogP contribution in [0.1, 0.15) is 10.4 Å². The van der Waals surface area contributed by atoms with Crippen LogP contribution < -0.4 is 10.2 Å². The minimum atomic E-state index is -0.334. The molecule has 1 amide bonds. The molecule has 0 atom stereocenters. The Morgan fingerprint density at radius 2 is 1.83 bits per heavy atom. The number of carbonyl (C=O) groups excluding carboxylic acids is 1. The molecule has 7 heteroatoms. The Balaban J connectivity index is 1.90. The summed E-state index contributed by atoms with van der Waals surface area (Å²) in [6, 6.07) is 10.4. The molecular weight excluding hydrogens is 371 g/mol. The van der Waals surface area contributed by atoms with Crippen molar-refractivity contribution in [1.82, 2.24) is 0 Å². The van der Waals surface area contributed by atoms with Crippen LogP contribution in [0.2, 0.25) is 15.1 Å². The molecular formula is C17H15Cl3N2O2. The number of benzene rings is 2. The van der Waals surface area contributed by atoms with E-state index in [1.54, 1.807) is 30.3 Å². The maximum atomic E-state index is 12.6. The molecule has 1 saturated heterocycles. The van der Waals surface area contributed by atoms with Gasteiger partial charge in [0, 0.05) is 18.1 Å². The zero-order chi connectivity index (χ0) is 17.1. The normalized spacial score (nSPS) is 14.5. The smallest absolute Gasteiger partial charge is 0.257 e. The maximum absolute atomic E-state index is 12.6. The summed E-state index contributed by atoms with van der Waals surface area (Å²) >= 11 is 18.2. The second kappa shape index (κ2) is 7.62. The number of amides is 1. The van der Waals surface area contributed by atoms with E-state index >= 15 is 0 Å². The first-order chi connectivity index (χ1) is 11.6. The fourth-order valence-electron chi connectivity index (χ4n) is 2.56. The van der Waals surface area contributed by atoms with Crippen LogP contribution in [0.3, 0.4) is 0 Å². The third-order valence-corrected chi connectivity index (χ3v) is 4.81. The zero-order valence-electron chi connectivity index (χ0n) is 12.7. The molecule has 2 aromatic carbocycles. The van der Waals surface area contributed by atoms with Crippen molar-refractivity contribution in [3.8, 4) is 0 Å². The highest BCUT2D eigenvalue weighted by atomic mass is 35.5. The highest BCUT2D eigenvalue weighted by molar-refractivity contribution is 6.44. The van der Waals surface area contributed by atoms with Crippen LogP contribution in [-0.4, -0.2) is 32.2 Å². The van der Waals surface area contributed by atoms with Crippen LogP contribution >= 0.6 is 34.8 Å². The van der Waals surface area contributed by atoms with Gasteiger partial charge in [0.15, 0.2) is 0 Å². The first-order valence-electron chi connectivity index (χ1n) is 7.44. The topological polar surface area (TPSA) is 41.6 Å². The number of nitrogens with one attached hydrogen (secondary N) is 1. The first kappa shape index (κ1) is 17.4. The number of rotatable bonds is 3. The van der Waals surface area contributed by atoms with Gasteiger partial charge in [-0.2, -0.15) is 0 Å². The van der Waals surface area contributed by atoms with Crippen molar-refractivity contribution in [2.45, 2.75) is 0 Å². The molecule has 0 spiro atoms. The van der Waals surface area contributed by atoms with Gasteiger partial charge >= 0.3 is 0 Å². The molecule has 0 aromatic heterocycles. The Hall–Kier alpha value is -1.46. The summed E-state index contributed by atoms with van der Waals surface area (Å²) < 4.78 is 5.38. The monoisotopic (exact) mass is 384 g/mol. The molecule has 1 aliphatic heterocycles. The average Bonchev–Trinajstić information content (AvgIpc) is 2.58. The molecule has 24 heavy (non-hydrogen) atoms. The van der Waals surface area contributed by atoms with E-state index in [9.17, 15) is 4.79 Å². The largest absolute Gasteiger partial charge is 0.378 e. The minimum Gasteiger partial charge on any atom is -0.378 e. The van der Waals surface area contributed by atoms with Gasteiger partial charge in [-0.3, -0.25) is 4.79 Å². The van der Waals surface area contributed by atoms with E-state index in [1.165, 1.54) is 0 Å². The van der Waals surface area contributed by atoms with Gasteiger partial charge in [0.2, 0.25) is 0 Å². The van der Waals surface area contributed by atoms with Gasteiger partial charge in [0.1, 0.15) is 0 Å². The van der Waals surface area contributed by atoms with Gasteiger partial charge in [0.05, 0.1) is 40.2 Å². The Morgan fingerprint density at radius 3 is 2.58 bits per heavy atom. The quantitative estimate of drug-likeness (QED) is 0.830. The summed E-state index contributed by atoms with van der Waals surface area (Å²) in [4.78, 5) is 14.7. The lowest BCUT2D eigenvalue weighted by Crippen LogP contribution is -2.36. The van der Waals surface area contributed by atoms with Crippen LogP contribution in [0.4, 0.5) is 11.4 Å². The van der Waals surface area contributed by atoms with Crippen molar-refractivity contribution in [3.05, 3.63) is 57.0 Å². The van der Waals surface area contributed by atoms with Crippen molar-refractivity contribution < 1.29 is 9.53 Å². The average molecular weight is 386 g/mol. The second-order valence-electron chi connectivity index (χ2n) is 5.32. The number of halogens is 3. The van der Waals surface area contributed by atoms with Crippen LogP contribution in [-0.2, 0) is 4.74 Å². The maximum Gasteiger partial charge on any atom is 0.257 e. The Kier molecular flexibility index (Phi) is 5.51. The van der Waals surface area contributed by atoms with Gasteiger partial charge < -0.3 is 15.0 Å². The van der Waals surface area contributed by atoms with Crippen molar-refractivity contribution in [3.63, 3.8) is 0 Å². The van der Waals surface area contributed by atoms with E-state index in [1.807, 2.05) is 6.07 Å². The number of carbonyl (C=O) groups is 1. The van der Waals surface area contributed by atoms with Crippen LogP contribution in [0.15, 0.2) is 36.4 Å². The van der Waals surface area contributed by atoms with Gasteiger partial charge in [-0.1, -0.05) is 40.9 Å². The fourth-order valence-corrected chi connectivity index (χ4v) is 3.12. The van der Waals surface area contributed by atoms with Crippen molar-refractivity contribution >= 4 is 52.1 Å². The summed E-state index contributed by atoms with van der Waals surface area (Å²) in [5.41, 5.74) is 1.84. The summed E-state index contributed by atoms with van der Waals surface area (Å²) in [5, 5.41) is 3.99. The van der Waals surface area contributed by atoms with Crippen LogP contribution in [0, 0.1) is 0 Å². The summed E-state index contributed by atoms with van der Waals surface area (Å²) in [7, 11) is 0. The van der Waals surface area contributed by atoms with E-state index in [4.69, 9.17) is 39.5 Å². The summed E-state index contributed by atoms with van der Waals surface area (Å²) in [5.74, 6) is -0.334. The molecule has 1 heterocycles. The molecule has 0 radical (unpaired) electrons. The van der Waals surface area contributed by atoms with E-state index in [-0.39, 0.29) is 10.9 Å². The molecule has 4 nitrogen and oxygen atoms in total. The SMILES string of the molecule is O=C(Nc1cc(Cl)ccc1N1CCOCC1)c1cccc(Cl)c1Cl. The Morgan fingerprint density at radius 1 is 1.08 bits per heavy atom. The predicted octanol–water partition coefficient (Wildman–Crippen LogP) is 4.74. The van der Waals surface area contributed by atoms with Crippen molar-refractivity contribution in [2.75, 3.05) is 36.5 Å². The molecule has 0 unspecified atom stereocenters. The first-order valence-corrected chi connectivity index (χ1v) is 8.57. The minimum absolute atomic E-state index is 0.228. The van der Waals surface area contributed by atoms with E-state index in [2.05, 4.69) is 10.2 Å². The predicted molar refractivity (Wildman–Crippen MR) is 98.9 cm³/mol. The third-order valence-electron chi connectivity index (χ3n) is 3.75. The number of hydrogen-bond donors (Lipinski definition) is 1. The lowest BCUT2D eigenvalue weighted by Gasteiger charge is -2.30. The zero-order valence-corrected chi connectivity index (χ0v) is 15.0. The second-order valence-corrected chi connectivity index (χ2v) is 6.54. The lowest BCUT2D eigenvalue weighted by molar-refractivity contribution is 0.102. The van der Waals surface area contributed by atoms with Crippen molar-refractivity contribution in [1.29, 1.82) is 0 Å². The van der Waals surface area contributed by atoms with Crippen molar-refractivity contribution in [2.24, 2.45) is 0 Å². The molecule has 0 saturated carbocycles. The number of morpholine rings is 1. The molecule has 0 aliphatic carbocycles. The highest BCUT2D eigenvalue weighted by Gasteiger charge is 2.18. The fraction of sp³-hybridized carbons (Fsp3) is 0.235. The Labute approximate surface area is 155 Å². The molecule has 0 bridgehead atoms. The lowest BCUT2D eigenvalue weighted by atomic mass is 10.2. The molecule has 2 aromatic rings. The molecule has 3 rings (SSSR count). The van der Waals surface area contributed by atoms with Gasteiger partial charge in [-0.25, -0.2) is 0 Å². The number of hydrogen-bond acceptors (Lipinski definition) is 3. The number of anilines is 2. The third kappa shape index (κ3) is 3.78. The highest BCUT2D eigenvalue weighted by Crippen LogP contribution is 2.32. The molecule has 1 aliphatic rings. The van der Waals surface area contributed by atoms with Crippen LogP contribution in [0.25, 0.3) is 0 Å². The standard InChI is InChI=1S/C17H15Cl3N2O2/c18-11-4-5-15(22-6-8-24-9-7-22)14(10-11)21-17(23)12-2-1-3-13(19)16(12)20/h1-5,10H,6-9H2,(H,21,23). The molecule has 1 fully saturated rings. The summed E-state index contributed by atoms with van der Waals surface area (Å²) in [6.07, 6.45) is 0. The van der Waals surface area contributed by atoms with Gasteiger partial charge in [0.25, 0.3) is 5.91 Å². The summed E-state index contributed by atoms with van der Waals surface area (Å²) in [6.45, 7) is 2.80. The number of nitrogens with zero attached hydrogens (tertiary/aromatic N) is 1. The molecule has 126 valence electrons. The van der Waals surface area contributed by atoms with E-state index in [0.717, 1.165) is 18.8 Å². The van der Waals surface area contributed by atoms with E-state index < -0.39 is 0 Å². The van der Waals surface area contributed by atoms with Gasteiger partial charge in [-0.05, 0) is 30.3 Å². The van der Waals surface area contributed by atoms with Gasteiger partial charge in [-0.15, -0.1) is 0 Å². The van der Waals surface area contributed by atoms with E-state index in [0.29, 0.717) is 34.5 Å². The molecule has 1 N–H and O–H groups in total. The van der Waals surface area contributed by atoms with Crippen LogP contribution in [0.5, 0.6) is 0 Å². The Bertz CT molecular complexity index is 761.